The number of aromatic nitrogens is 4. The molecule has 0 saturated heterocycles. The molecule has 2 aliphatic rings. The number of ether oxygens (including phenoxy) is 1. The molecule has 2 heterocycles. The Morgan fingerprint density at radius 2 is 1.72 bits per heavy atom. The number of rotatable bonds is 9. The lowest BCUT2D eigenvalue weighted by molar-refractivity contribution is -0.145. The maximum Gasteiger partial charge on any atom is 0.247 e. The lowest BCUT2D eigenvalue weighted by Crippen LogP contribution is -2.52. The number of carbonyl (C=O) groups is 2. The number of nitrogens with one attached hydrogen (secondary N) is 1. The van der Waals surface area contributed by atoms with Crippen molar-refractivity contribution in [1.29, 1.82) is 0 Å². The Morgan fingerprint density at radius 3 is 2.36 bits per heavy atom. The van der Waals surface area contributed by atoms with Crippen molar-refractivity contribution in [2.75, 3.05) is 7.11 Å². The minimum Gasteiger partial charge on any atom is -0.497 e. The van der Waals surface area contributed by atoms with Gasteiger partial charge in [-0.1, -0.05) is 50.7 Å². The first-order chi connectivity index (χ1) is 19.0. The molecule has 10 heteroatoms. The highest BCUT2D eigenvalue weighted by molar-refractivity contribution is 5.89. The molecular weight excluding hydrogens is 496 g/mol. The van der Waals surface area contributed by atoms with Gasteiger partial charge in [0.1, 0.15) is 24.1 Å². The minimum atomic E-state index is -0.760. The molecule has 2 saturated carbocycles. The van der Waals surface area contributed by atoms with E-state index in [0.29, 0.717) is 17.3 Å². The largest absolute Gasteiger partial charge is 0.497 e. The summed E-state index contributed by atoms with van der Waals surface area (Å²) in [6, 6.07) is 10.4. The Bertz CT molecular complexity index is 1240. The zero-order valence-corrected chi connectivity index (χ0v) is 22.8. The first-order valence-corrected chi connectivity index (χ1v) is 14.1. The SMILES string of the molecule is COc1ccc(C(C(=O)NC2CCCCC2)N(C(=O)Cn2nnc(-c3ccc(C)o3)n2)C2CCCCC2)cc1. The van der Waals surface area contributed by atoms with Gasteiger partial charge >= 0.3 is 0 Å². The Balaban J connectivity index is 1.45. The van der Waals surface area contributed by atoms with Crippen LogP contribution in [-0.4, -0.2) is 56.1 Å². The van der Waals surface area contributed by atoms with Crippen molar-refractivity contribution < 1.29 is 18.7 Å². The molecule has 0 spiro atoms. The van der Waals surface area contributed by atoms with E-state index < -0.39 is 6.04 Å². The Hall–Kier alpha value is -3.69. The lowest BCUT2D eigenvalue weighted by Gasteiger charge is -2.40. The Labute approximate surface area is 229 Å². The summed E-state index contributed by atoms with van der Waals surface area (Å²) in [6.45, 7) is 1.73. The molecule has 2 fully saturated rings. The zero-order chi connectivity index (χ0) is 27.2. The van der Waals surface area contributed by atoms with Crippen LogP contribution in [0.5, 0.6) is 5.75 Å². The second-order valence-corrected chi connectivity index (χ2v) is 10.7. The highest BCUT2D eigenvalue weighted by atomic mass is 16.5. The first-order valence-electron chi connectivity index (χ1n) is 14.1. The Kier molecular flexibility index (Phi) is 8.58. The van der Waals surface area contributed by atoms with E-state index in [2.05, 4.69) is 20.7 Å². The van der Waals surface area contributed by atoms with Gasteiger partial charge in [-0.25, -0.2) is 0 Å². The fraction of sp³-hybridized carbons (Fsp3) is 0.552. The van der Waals surface area contributed by atoms with Crippen LogP contribution >= 0.6 is 0 Å². The number of hydrogen-bond acceptors (Lipinski definition) is 7. The number of methoxy groups -OCH3 is 1. The summed E-state index contributed by atoms with van der Waals surface area (Å²) < 4.78 is 11.0. The van der Waals surface area contributed by atoms with E-state index in [-0.39, 0.29) is 30.4 Å². The highest BCUT2D eigenvalue weighted by Crippen LogP contribution is 2.33. The number of benzene rings is 1. The summed E-state index contributed by atoms with van der Waals surface area (Å²) in [7, 11) is 1.61. The molecule has 2 aromatic heterocycles. The van der Waals surface area contributed by atoms with E-state index in [0.717, 1.165) is 69.1 Å². The molecule has 39 heavy (non-hydrogen) atoms. The van der Waals surface area contributed by atoms with Gasteiger partial charge in [0.25, 0.3) is 0 Å². The van der Waals surface area contributed by atoms with Crippen LogP contribution < -0.4 is 10.1 Å². The van der Waals surface area contributed by atoms with Gasteiger partial charge in [-0.3, -0.25) is 9.59 Å². The van der Waals surface area contributed by atoms with Gasteiger partial charge in [-0.05, 0) is 67.6 Å². The fourth-order valence-electron chi connectivity index (χ4n) is 5.84. The highest BCUT2D eigenvalue weighted by Gasteiger charge is 2.38. The van der Waals surface area contributed by atoms with E-state index in [4.69, 9.17) is 9.15 Å². The molecule has 0 radical (unpaired) electrons. The molecule has 10 nitrogen and oxygen atoms in total. The number of hydrogen-bond donors (Lipinski definition) is 1. The number of carbonyl (C=O) groups excluding carboxylic acids is 2. The van der Waals surface area contributed by atoms with E-state index >= 15 is 0 Å². The third kappa shape index (κ3) is 6.49. The van der Waals surface area contributed by atoms with Crippen LogP contribution in [0.2, 0.25) is 0 Å². The lowest BCUT2D eigenvalue weighted by atomic mass is 9.90. The maximum absolute atomic E-state index is 14.1. The minimum absolute atomic E-state index is 0.0498. The third-order valence-electron chi connectivity index (χ3n) is 7.86. The normalized spacial score (nSPS) is 17.5. The molecule has 1 atom stereocenters. The summed E-state index contributed by atoms with van der Waals surface area (Å²) in [5.41, 5.74) is 0.765. The van der Waals surface area contributed by atoms with Crippen molar-refractivity contribution in [3.63, 3.8) is 0 Å². The smallest absolute Gasteiger partial charge is 0.247 e. The monoisotopic (exact) mass is 534 g/mol. The molecule has 5 rings (SSSR count). The zero-order valence-electron chi connectivity index (χ0n) is 22.8. The van der Waals surface area contributed by atoms with Crippen molar-refractivity contribution >= 4 is 11.8 Å². The fourth-order valence-corrected chi connectivity index (χ4v) is 5.84. The van der Waals surface area contributed by atoms with Crippen LogP contribution in [0, 0.1) is 6.92 Å². The van der Waals surface area contributed by atoms with Gasteiger partial charge in [-0.15, -0.1) is 10.2 Å². The number of aryl methyl sites for hydroxylation is 1. The molecule has 2 aliphatic carbocycles. The average Bonchev–Trinajstić information content (AvgIpc) is 3.61. The summed E-state index contributed by atoms with van der Waals surface area (Å²) in [5.74, 6) is 1.92. The molecule has 208 valence electrons. The van der Waals surface area contributed by atoms with Crippen molar-refractivity contribution in [2.45, 2.75) is 95.8 Å². The van der Waals surface area contributed by atoms with Crippen LogP contribution in [-0.2, 0) is 16.1 Å². The second-order valence-electron chi connectivity index (χ2n) is 10.7. The van der Waals surface area contributed by atoms with Gasteiger partial charge in [0.15, 0.2) is 5.76 Å². The van der Waals surface area contributed by atoms with Gasteiger partial charge in [-0.2, -0.15) is 4.80 Å². The standard InChI is InChI=1S/C29H38N6O4/c1-20-13-18-25(39-20)28-31-33-34(32-28)19-26(36)35(23-11-7-4-8-12-23)27(21-14-16-24(38-2)17-15-21)29(37)30-22-9-5-3-6-10-22/h13-18,22-23,27H,3-12,19H2,1-2H3,(H,30,37). The quantitative estimate of drug-likeness (QED) is 0.426. The van der Waals surface area contributed by atoms with Crippen molar-refractivity contribution in [2.24, 2.45) is 0 Å². The molecule has 0 bridgehead atoms. The first kappa shape index (κ1) is 26.9. The summed E-state index contributed by atoms with van der Waals surface area (Å²) in [4.78, 5) is 31.1. The molecule has 0 aliphatic heterocycles. The van der Waals surface area contributed by atoms with Gasteiger partial charge < -0.3 is 19.4 Å². The van der Waals surface area contributed by atoms with Crippen molar-refractivity contribution in [3.8, 4) is 17.3 Å². The molecule has 1 unspecified atom stereocenters. The maximum atomic E-state index is 14.1. The molecule has 2 amide bonds. The number of tetrazole rings is 1. The van der Waals surface area contributed by atoms with Crippen LogP contribution in [0.1, 0.15) is 81.6 Å². The van der Waals surface area contributed by atoms with E-state index in [1.165, 1.54) is 11.2 Å². The molecule has 3 aromatic rings. The summed E-state index contributed by atoms with van der Waals surface area (Å²) in [5, 5.41) is 15.9. The van der Waals surface area contributed by atoms with Crippen molar-refractivity contribution in [3.05, 3.63) is 47.7 Å². The average molecular weight is 535 g/mol. The summed E-state index contributed by atoms with van der Waals surface area (Å²) >= 11 is 0. The predicted molar refractivity (Wildman–Crippen MR) is 145 cm³/mol. The van der Waals surface area contributed by atoms with Crippen molar-refractivity contribution in [1.82, 2.24) is 30.4 Å². The van der Waals surface area contributed by atoms with Gasteiger partial charge in [0, 0.05) is 12.1 Å². The van der Waals surface area contributed by atoms with E-state index in [1.54, 1.807) is 18.1 Å². The predicted octanol–water partition coefficient (Wildman–Crippen LogP) is 4.60. The van der Waals surface area contributed by atoms with Crippen LogP contribution in [0.3, 0.4) is 0 Å². The van der Waals surface area contributed by atoms with Gasteiger partial charge in [0.05, 0.1) is 7.11 Å². The molecule has 1 aromatic carbocycles. The van der Waals surface area contributed by atoms with Gasteiger partial charge in [0.2, 0.25) is 17.6 Å². The number of amides is 2. The van der Waals surface area contributed by atoms with Crippen LogP contribution in [0.25, 0.3) is 11.6 Å². The van der Waals surface area contributed by atoms with E-state index in [1.807, 2.05) is 37.3 Å². The third-order valence-corrected chi connectivity index (χ3v) is 7.86. The number of nitrogens with zero attached hydrogens (tertiary/aromatic N) is 5. The topological polar surface area (TPSA) is 115 Å². The molecular formula is C29H38N6O4. The summed E-state index contributed by atoms with van der Waals surface area (Å²) in [6.07, 6.45) is 10.3. The second kappa shape index (κ2) is 12.4. The number of furan rings is 1. The Morgan fingerprint density at radius 1 is 1.03 bits per heavy atom. The van der Waals surface area contributed by atoms with Crippen LogP contribution in [0.4, 0.5) is 0 Å². The van der Waals surface area contributed by atoms with Crippen LogP contribution in [0.15, 0.2) is 40.8 Å². The molecule has 1 N–H and O–H groups in total. The van der Waals surface area contributed by atoms with E-state index in [9.17, 15) is 9.59 Å².